The fourth-order valence-electron chi connectivity index (χ4n) is 2.46. The quantitative estimate of drug-likeness (QED) is 0.647. The van der Waals surface area contributed by atoms with Crippen molar-refractivity contribution in [2.75, 3.05) is 5.32 Å². The van der Waals surface area contributed by atoms with E-state index >= 15 is 0 Å². The molecule has 5 nitrogen and oxygen atoms in total. The highest BCUT2D eigenvalue weighted by atomic mass is 35.5. The zero-order valence-corrected chi connectivity index (χ0v) is 15.5. The zero-order chi connectivity index (χ0) is 18.8. The molecule has 1 atom stereocenters. The number of anilines is 1. The molecule has 26 heavy (non-hydrogen) atoms. The first kappa shape index (κ1) is 18.3. The molecule has 0 saturated carbocycles. The summed E-state index contributed by atoms with van der Waals surface area (Å²) in [5.74, 6) is 0.0195. The minimum absolute atomic E-state index is 0.373. The molecule has 0 spiro atoms. The third kappa shape index (κ3) is 4.00. The number of fused-ring (bicyclic) bond motifs is 1. The summed E-state index contributed by atoms with van der Waals surface area (Å²) < 4.78 is 10.8. The van der Waals surface area contributed by atoms with Crippen molar-refractivity contribution in [3.05, 3.63) is 68.5 Å². The summed E-state index contributed by atoms with van der Waals surface area (Å²) in [6.07, 6.45) is -0.806. The molecule has 1 amide bonds. The SMILES string of the molecule is Cc1cc(=O)oc2cc(O[C@@H](C)C(=O)Nc3cc(Cl)ccc3Cl)ccc12. The topological polar surface area (TPSA) is 68.5 Å². The molecule has 0 aliphatic carbocycles. The molecule has 3 rings (SSSR count). The van der Waals surface area contributed by atoms with Crippen molar-refractivity contribution < 1.29 is 13.9 Å². The fourth-order valence-corrected chi connectivity index (χ4v) is 2.80. The number of ether oxygens (including phenoxy) is 1. The Hall–Kier alpha value is -2.50. The number of hydrogen-bond donors (Lipinski definition) is 1. The Morgan fingerprint density at radius 1 is 1.15 bits per heavy atom. The van der Waals surface area contributed by atoms with Gasteiger partial charge in [-0.05, 0) is 49.7 Å². The predicted molar refractivity (Wildman–Crippen MR) is 102 cm³/mol. The van der Waals surface area contributed by atoms with E-state index in [4.69, 9.17) is 32.4 Å². The van der Waals surface area contributed by atoms with Crippen LogP contribution < -0.4 is 15.7 Å². The molecular formula is C19H15Cl2NO4. The van der Waals surface area contributed by atoms with Gasteiger partial charge < -0.3 is 14.5 Å². The molecule has 0 bridgehead atoms. The van der Waals surface area contributed by atoms with Gasteiger partial charge in [-0.2, -0.15) is 0 Å². The summed E-state index contributed by atoms with van der Waals surface area (Å²) in [7, 11) is 0. The van der Waals surface area contributed by atoms with Crippen LogP contribution >= 0.6 is 23.2 Å². The second-order valence-electron chi connectivity index (χ2n) is 5.78. The molecular weight excluding hydrogens is 377 g/mol. The van der Waals surface area contributed by atoms with Gasteiger partial charge in [0.15, 0.2) is 6.10 Å². The molecule has 0 fully saturated rings. The van der Waals surface area contributed by atoms with E-state index in [1.54, 1.807) is 43.3 Å². The summed E-state index contributed by atoms with van der Waals surface area (Å²) in [4.78, 5) is 23.9. The van der Waals surface area contributed by atoms with Crippen LogP contribution in [0.15, 0.2) is 51.7 Å². The van der Waals surface area contributed by atoms with Crippen molar-refractivity contribution in [1.29, 1.82) is 0 Å². The maximum atomic E-state index is 12.3. The largest absolute Gasteiger partial charge is 0.481 e. The highest BCUT2D eigenvalue weighted by Gasteiger charge is 2.17. The van der Waals surface area contributed by atoms with Gasteiger partial charge >= 0.3 is 5.63 Å². The molecule has 1 heterocycles. The van der Waals surface area contributed by atoms with E-state index in [2.05, 4.69) is 5.32 Å². The summed E-state index contributed by atoms with van der Waals surface area (Å²) in [5, 5.41) is 4.31. The van der Waals surface area contributed by atoms with Crippen LogP contribution in [0.3, 0.4) is 0 Å². The maximum absolute atomic E-state index is 12.3. The number of carbonyl (C=O) groups is 1. The molecule has 7 heteroatoms. The standard InChI is InChI=1S/C19H15Cl2NO4/c1-10-7-18(23)26-17-9-13(4-5-14(10)17)25-11(2)19(24)22-16-8-12(20)3-6-15(16)21/h3-9,11H,1-2H3,(H,22,24)/t11-/m0/s1. The monoisotopic (exact) mass is 391 g/mol. The van der Waals surface area contributed by atoms with Crippen LogP contribution in [-0.2, 0) is 4.79 Å². The minimum Gasteiger partial charge on any atom is -0.481 e. The molecule has 134 valence electrons. The Balaban J connectivity index is 1.77. The minimum atomic E-state index is -0.806. The highest BCUT2D eigenvalue weighted by Crippen LogP contribution is 2.26. The molecule has 3 aromatic rings. The van der Waals surface area contributed by atoms with Crippen LogP contribution in [0, 0.1) is 6.92 Å². The number of nitrogens with one attached hydrogen (secondary N) is 1. The number of amides is 1. The molecule has 0 aliphatic heterocycles. The zero-order valence-electron chi connectivity index (χ0n) is 14.0. The molecule has 2 aromatic carbocycles. The molecule has 0 aliphatic rings. The highest BCUT2D eigenvalue weighted by molar-refractivity contribution is 6.35. The normalized spacial score (nSPS) is 12.0. The lowest BCUT2D eigenvalue weighted by atomic mass is 10.1. The number of aryl methyl sites for hydroxylation is 1. The van der Waals surface area contributed by atoms with Crippen molar-refractivity contribution in [3.63, 3.8) is 0 Å². The molecule has 0 radical (unpaired) electrons. The van der Waals surface area contributed by atoms with Gasteiger partial charge in [-0.15, -0.1) is 0 Å². The van der Waals surface area contributed by atoms with E-state index in [0.717, 1.165) is 10.9 Å². The van der Waals surface area contributed by atoms with Gasteiger partial charge in [-0.25, -0.2) is 4.79 Å². The number of carbonyl (C=O) groups excluding carboxylic acids is 1. The van der Waals surface area contributed by atoms with E-state index in [0.29, 0.717) is 27.1 Å². The molecule has 1 aromatic heterocycles. The van der Waals surface area contributed by atoms with Crippen molar-refractivity contribution in [1.82, 2.24) is 0 Å². The van der Waals surface area contributed by atoms with Crippen molar-refractivity contribution in [2.24, 2.45) is 0 Å². The third-order valence-corrected chi connectivity index (χ3v) is 4.36. The second kappa shape index (κ2) is 7.40. The van der Waals surface area contributed by atoms with Gasteiger partial charge in [0, 0.05) is 22.5 Å². The Morgan fingerprint density at radius 3 is 2.69 bits per heavy atom. The predicted octanol–water partition coefficient (Wildman–Crippen LogP) is 4.81. The lowest BCUT2D eigenvalue weighted by Crippen LogP contribution is -2.30. The van der Waals surface area contributed by atoms with Crippen LogP contribution in [0.2, 0.25) is 10.0 Å². The van der Waals surface area contributed by atoms with E-state index in [1.807, 2.05) is 6.92 Å². The van der Waals surface area contributed by atoms with Crippen LogP contribution in [0.1, 0.15) is 12.5 Å². The number of hydrogen-bond acceptors (Lipinski definition) is 4. The first-order valence-electron chi connectivity index (χ1n) is 7.80. The second-order valence-corrected chi connectivity index (χ2v) is 6.62. The van der Waals surface area contributed by atoms with Crippen LogP contribution in [0.5, 0.6) is 5.75 Å². The van der Waals surface area contributed by atoms with Gasteiger partial charge in [0.05, 0.1) is 10.7 Å². The summed E-state index contributed by atoms with van der Waals surface area (Å²) in [6, 6.07) is 11.3. The van der Waals surface area contributed by atoms with Crippen LogP contribution in [0.25, 0.3) is 11.0 Å². The van der Waals surface area contributed by atoms with Crippen molar-refractivity contribution in [2.45, 2.75) is 20.0 Å². The lowest BCUT2D eigenvalue weighted by molar-refractivity contribution is -0.122. The molecule has 1 N–H and O–H groups in total. The first-order valence-corrected chi connectivity index (χ1v) is 8.56. The summed E-state index contributed by atoms with van der Waals surface area (Å²) in [6.45, 7) is 3.43. The van der Waals surface area contributed by atoms with Gasteiger partial charge in [-0.1, -0.05) is 23.2 Å². The molecule has 0 unspecified atom stereocenters. The van der Waals surface area contributed by atoms with E-state index < -0.39 is 11.7 Å². The van der Waals surface area contributed by atoms with Crippen LogP contribution in [0.4, 0.5) is 5.69 Å². The van der Waals surface area contributed by atoms with Gasteiger partial charge in [-0.3, -0.25) is 4.79 Å². The van der Waals surface area contributed by atoms with Gasteiger partial charge in [0.25, 0.3) is 5.91 Å². The Kier molecular flexibility index (Phi) is 5.20. The smallest absolute Gasteiger partial charge is 0.336 e. The number of benzene rings is 2. The summed E-state index contributed by atoms with van der Waals surface area (Å²) in [5.41, 5.74) is 1.18. The average molecular weight is 392 g/mol. The maximum Gasteiger partial charge on any atom is 0.336 e. The number of rotatable bonds is 4. The first-order chi connectivity index (χ1) is 12.3. The van der Waals surface area contributed by atoms with E-state index in [9.17, 15) is 9.59 Å². The van der Waals surface area contributed by atoms with Crippen molar-refractivity contribution >= 4 is 45.8 Å². The fraction of sp³-hybridized carbons (Fsp3) is 0.158. The third-order valence-electron chi connectivity index (χ3n) is 3.79. The van der Waals surface area contributed by atoms with Gasteiger partial charge in [0.1, 0.15) is 11.3 Å². The van der Waals surface area contributed by atoms with Crippen molar-refractivity contribution in [3.8, 4) is 5.75 Å². The van der Waals surface area contributed by atoms with Gasteiger partial charge in [0.2, 0.25) is 0 Å². The average Bonchev–Trinajstić information content (AvgIpc) is 2.57. The number of halogens is 2. The Labute approximate surface area is 159 Å². The lowest BCUT2D eigenvalue weighted by Gasteiger charge is -2.16. The summed E-state index contributed by atoms with van der Waals surface area (Å²) >= 11 is 12.0. The van der Waals surface area contributed by atoms with Crippen LogP contribution in [-0.4, -0.2) is 12.0 Å². The molecule has 0 saturated heterocycles. The Bertz CT molecular complexity index is 1050. The van der Waals surface area contributed by atoms with E-state index in [1.165, 1.54) is 6.07 Å². The Morgan fingerprint density at radius 2 is 1.92 bits per heavy atom. The van der Waals surface area contributed by atoms with E-state index in [-0.39, 0.29) is 5.91 Å².